The molecule has 1 fully saturated rings. The summed E-state index contributed by atoms with van der Waals surface area (Å²) in [7, 11) is -2.43. The van der Waals surface area contributed by atoms with Crippen LogP contribution in [0.25, 0.3) is 0 Å². The Morgan fingerprint density at radius 2 is 2.26 bits per heavy atom. The molecule has 1 N–H and O–H groups in total. The summed E-state index contributed by atoms with van der Waals surface area (Å²) in [6, 6.07) is 2.46. The highest BCUT2D eigenvalue weighted by molar-refractivity contribution is 7.86. The zero-order chi connectivity index (χ0) is 17.0. The van der Waals surface area contributed by atoms with Gasteiger partial charge in [-0.1, -0.05) is 0 Å². The van der Waals surface area contributed by atoms with Crippen molar-refractivity contribution in [1.82, 2.24) is 8.61 Å². The van der Waals surface area contributed by atoms with Gasteiger partial charge in [0.1, 0.15) is 17.6 Å². The van der Waals surface area contributed by atoms with Gasteiger partial charge in [-0.05, 0) is 31.9 Å². The van der Waals surface area contributed by atoms with Crippen LogP contribution in [-0.4, -0.2) is 61.0 Å². The van der Waals surface area contributed by atoms with E-state index in [1.54, 1.807) is 19.1 Å². The molecule has 0 aliphatic carbocycles. The van der Waals surface area contributed by atoms with Crippen molar-refractivity contribution in [2.75, 3.05) is 26.8 Å². The van der Waals surface area contributed by atoms with Crippen molar-refractivity contribution in [3.8, 4) is 0 Å². The number of carboxylic acids is 1. The highest BCUT2D eigenvalue weighted by atomic mass is 32.2. The molecule has 1 aromatic heterocycles. The van der Waals surface area contributed by atoms with E-state index in [0.717, 1.165) is 4.31 Å². The smallest absolute Gasteiger partial charge is 0.322 e. The van der Waals surface area contributed by atoms with Gasteiger partial charge in [0.2, 0.25) is 0 Å². The molecule has 130 valence electrons. The average molecular weight is 346 g/mol. The van der Waals surface area contributed by atoms with Gasteiger partial charge in [-0.15, -0.1) is 0 Å². The molecule has 1 unspecified atom stereocenters. The third-order valence-corrected chi connectivity index (χ3v) is 5.78. The number of furan rings is 1. The maximum atomic E-state index is 12.9. The minimum absolute atomic E-state index is 0.0440. The maximum absolute atomic E-state index is 12.9. The molecule has 1 aromatic rings. The molecular formula is C14H22N2O6S. The molecule has 8 nitrogen and oxygen atoms in total. The van der Waals surface area contributed by atoms with E-state index in [2.05, 4.69) is 0 Å². The van der Waals surface area contributed by atoms with E-state index in [9.17, 15) is 18.3 Å². The lowest BCUT2D eigenvalue weighted by molar-refractivity contribution is -0.140. The van der Waals surface area contributed by atoms with Crippen LogP contribution in [0.4, 0.5) is 0 Å². The van der Waals surface area contributed by atoms with Crippen LogP contribution < -0.4 is 0 Å². The molecule has 0 radical (unpaired) electrons. The zero-order valence-electron chi connectivity index (χ0n) is 13.3. The van der Waals surface area contributed by atoms with Gasteiger partial charge in [-0.3, -0.25) is 4.79 Å². The second kappa shape index (κ2) is 7.43. The summed E-state index contributed by atoms with van der Waals surface area (Å²) < 4.78 is 38.4. The van der Waals surface area contributed by atoms with Gasteiger partial charge in [0.15, 0.2) is 0 Å². The summed E-state index contributed by atoms with van der Waals surface area (Å²) in [5, 5.41) is 9.23. The number of aliphatic carboxylic acids is 1. The van der Waals surface area contributed by atoms with Crippen molar-refractivity contribution in [3.05, 3.63) is 23.7 Å². The van der Waals surface area contributed by atoms with E-state index in [1.165, 1.54) is 11.4 Å². The first-order valence-corrected chi connectivity index (χ1v) is 8.80. The van der Waals surface area contributed by atoms with Crippen LogP contribution in [0.5, 0.6) is 0 Å². The highest BCUT2D eigenvalue weighted by Crippen LogP contribution is 2.25. The van der Waals surface area contributed by atoms with Crippen LogP contribution in [0.3, 0.4) is 0 Å². The average Bonchev–Trinajstić information content (AvgIpc) is 3.12. The Bertz CT molecular complexity index is 641. The number of methoxy groups -OCH3 is 1. The molecule has 0 bridgehead atoms. The van der Waals surface area contributed by atoms with Crippen LogP contribution in [0, 0.1) is 6.92 Å². The standard InChI is InChI=1S/C14H22N2O6S/c1-11-5-6-12(22-11)10-15(8-9-21-2)23(19,20)16-7-3-4-13(16)14(17)18/h5-6,13H,3-4,7-10H2,1-2H3,(H,17,18). The normalized spacial score (nSPS) is 19.5. The van der Waals surface area contributed by atoms with Gasteiger partial charge in [0, 0.05) is 20.2 Å². The van der Waals surface area contributed by atoms with Crippen molar-refractivity contribution >= 4 is 16.2 Å². The molecule has 2 heterocycles. The quantitative estimate of drug-likeness (QED) is 0.748. The minimum Gasteiger partial charge on any atom is -0.480 e. The third-order valence-electron chi connectivity index (χ3n) is 3.78. The SMILES string of the molecule is COCCN(Cc1ccc(C)o1)S(=O)(=O)N1CCCC1C(=O)O. The Morgan fingerprint density at radius 1 is 1.52 bits per heavy atom. The number of ether oxygens (including phenoxy) is 1. The zero-order valence-corrected chi connectivity index (χ0v) is 14.1. The number of hydrogen-bond donors (Lipinski definition) is 1. The molecule has 23 heavy (non-hydrogen) atoms. The molecule has 1 aliphatic rings. The van der Waals surface area contributed by atoms with E-state index in [-0.39, 0.29) is 26.2 Å². The predicted molar refractivity (Wildman–Crippen MR) is 82.0 cm³/mol. The lowest BCUT2D eigenvalue weighted by Gasteiger charge is -2.28. The number of aryl methyl sites for hydroxylation is 1. The van der Waals surface area contributed by atoms with Gasteiger partial charge in [-0.25, -0.2) is 0 Å². The molecule has 0 aromatic carbocycles. The summed E-state index contributed by atoms with van der Waals surface area (Å²) in [6.45, 7) is 2.37. The van der Waals surface area contributed by atoms with E-state index < -0.39 is 22.2 Å². The van der Waals surface area contributed by atoms with E-state index in [0.29, 0.717) is 24.4 Å². The summed E-state index contributed by atoms with van der Waals surface area (Å²) >= 11 is 0. The fourth-order valence-corrected chi connectivity index (χ4v) is 4.39. The van der Waals surface area contributed by atoms with Crippen LogP contribution in [0.2, 0.25) is 0 Å². The van der Waals surface area contributed by atoms with Gasteiger partial charge in [0.05, 0.1) is 13.2 Å². The number of hydrogen-bond acceptors (Lipinski definition) is 5. The van der Waals surface area contributed by atoms with Crippen molar-refractivity contribution < 1.29 is 27.5 Å². The molecule has 1 aliphatic heterocycles. The van der Waals surface area contributed by atoms with Gasteiger partial charge in [0.25, 0.3) is 10.2 Å². The second-order valence-corrected chi connectivity index (χ2v) is 7.33. The Kier molecular flexibility index (Phi) is 5.79. The number of nitrogens with zero attached hydrogens (tertiary/aromatic N) is 2. The summed E-state index contributed by atoms with van der Waals surface area (Å²) in [5.41, 5.74) is 0. The van der Waals surface area contributed by atoms with Crippen molar-refractivity contribution in [2.45, 2.75) is 32.4 Å². The molecule has 0 spiro atoms. The van der Waals surface area contributed by atoms with E-state index in [4.69, 9.17) is 9.15 Å². The third kappa shape index (κ3) is 4.11. The molecule has 0 saturated carbocycles. The molecule has 0 amide bonds. The highest BCUT2D eigenvalue weighted by Gasteiger charge is 2.41. The Balaban J connectivity index is 2.23. The van der Waals surface area contributed by atoms with Crippen LogP contribution in [0.15, 0.2) is 16.5 Å². The number of rotatable bonds is 8. The monoisotopic (exact) mass is 346 g/mol. The van der Waals surface area contributed by atoms with Gasteiger partial charge >= 0.3 is 5.97 Å². The van der Waals surface area contributed by atoms with Crippen molar-refractivity contribution in [3.63, 3.8) is 0 Å². The van der Waals surface area contributed by atoms with Crippen LogP contribution in [0.1, 0.15) is 24.4 Å². The second-order valence-electron chi connectivity index (χ2n) is 5.45. The molecule has 1 saturated heterocycles. The summed E-state index contributed by atoms with van der Waals surface area (Å²) in [4.78, 5) is 11.3. The van der Waals surface area contributed by atoms with Gasteiger partial charge < -0.3 is 14.3 Å². The molecule has 9 heteroatoms. The first-order chi connectivity index (χ1) is 10.9. The van der Waals surface area contributed by atoms with Crippen molar-refractivity contribution in [1.29, 1.82) is 0 Å². The van der Waals surface area contributed by atoms with E-state index >= 15 is 0 Å². The number of carbonyl (C=O) groups is 1. The molecule has 2 rings (SSSR count). The lowest BCUT2D eigenvalue weighted by Crippen LogP contribution is -2.48. The fraction of sp³-hybridized carbons (Fsp3) is 0.643. The summed E-state index contributed by atoms with van der Waals surface area (Å²) in [6.07, 6.45) is 0.862. The van der Waals surface area contributed by atoms with Crippen molar-refractivity contribution in [2.24, 2.45) is 0 Å². The predicted octanol–water partition coefficient (Wildman–Crippen LogP) is 0.830. The fourth-order valence-electron chi connectivity index (χ4n) is 2.62. The Morgan fingerprint density at radius 3 is 2.83 bits per heavy atom. The molecule has 1 atom stereocenters. The molecular weight excluding hydrogens is 324 g/mol. The first kappa shape index (κ1) is 17.9. The van der Waals surface area contributed by atoms with E-state index in [1.807, 2.05) is 0 Å². The van der Waals surface area contributed by atoms with Crippen LogP contribution >= 0.6 is 0 Å². The largest absolute Gasteiger partial charge is 0.480 e. The minimum atomic E-state index is -3.91. The lowest BCUT2D eigenvalue weighted by atomic mass is 10.2. The Labute approximate surface area is 135 Å². The number of carboxylic acid groups (broad SMARTS) is 1. The summed E-state index contributed by atoms with van der Waals surface area (Å²) in [5.74, 6) is 0.0773. The Hall–Kier alpha value is -1.42. The van der Waals surface area contributed by atoms with Gasteiger partial charge in [-0.2, -0.15) is 17.0 Å². The maximum Gasteiger partial charge on any atom is 0.322 e. The first-order valence-electron chi connectivity index (χ1n) is 7.40. The van der Waals surface area contributed by atoms with Crippen LogP contribution in [-0.2, 0) is 26.3 Å². The topological polar surface area (TPSA) is 100 Å².